The third-order valence-electron chi connectivity index (χ3n) is 2.95. The minimum absolute atomic E-state index is 0.0210. The molecule has 0 saturated carbocycles. The number of hydrogen-bond donors (Lipinski definition) is 2. The first kappa shape index (κ1) is 15.5. The van der Waals surface area contributed by atoms with Crippen LogP contribution < -0.4 is 10.6 Å². The number of rotatable bonds is 5. The minimum atomic E-state index is -0.0210. The van der Waals surface area contributed by atoms with Gasteiger partial charge in [0, 0.05) is 6.42 Å². The number of benzene rings is 1. The monoisotopic (exact) mass is 294 g/mol. The lowest BCUT2D eigenvalue weighted by Gasteiger charge is -2.09. The van der Waals surface area contributed by atoms with Crippen LogP contribution in [0.1, 0.15) is 25.8 Å². The van der Waals surface area contributed by atoms with Crippen LogP contribution >= 0.6 is 0 Å². The number of para-hydroxylation sites is 1. The number of nitrogens with zero attached hydrogens (tertiary/aromatic N) is 2. The summed E-state index contributed by atoms with van der Waals surface area (Å²) in [5.74, 6) is 0.910. The smallest absolute Gasteiger partial charge is 0.224 e. The van der Waals surface area contributed by atoms with E-state index in [0.717, 1.165) is 0 Å². The molecule has 0 bridgehead atoms. The summed E-state index contributed by atoms with van der Waals surface area (Å²) in [6.45, 7) is 4.00. The molecule has 0 aliphatic carbocycles. The molecular formula is C17H18N4O. The van der Waals surface area contributed by atoms with E-state index >= 15 is 0 Å². The molecule has 0 atom stereocenters. The quantitative estimate of drug-likeness (QED) is 0.881. The zero-order chi connectivity index (χ0) is 15.9. The van der Waals surface area contributed by atoms with E-state index in [2.05, 4.69) is 21.7 Å². The number of carbonyl (C=O) groups excluding carboxylic acids is 1. The van der Waals surface area contributed by atoms with Gasteiger partial charge in [-0.3, -0.25) is 4.79 Å². The molecule has 0 spiro atoms. The first-order valence-electron chi connectivity index (χ1n) is 7.10. The van der Waals surface area contributed by atoms with Gasteiger partial charge in [-0.15, -0.1) is 0 Å². The van der Waals surface area contributed by atoms with Crippen LogP contribution in [0.25, 0.3) is 0 Å². The molecule has 0 unspecified atom stereocenters. The van der Waals surface area contributed by atoms with Crippen molar-refractivity contribution in [3.63, 3.8) is 0 Å². The highest BCUT2D eigenvalue weighted by atomic mass is 16.1. The van der Waals surface area contributed by atoms with Crippen molar-refractivity contribution in [2.45, 2.75) is 20.3 Å². The van der Waals surface area contributed by atoms with Crippen molar-refractivity contribution in [2.24, 2.45) is 5.92 Å². The highest BCUT2D eigenvalue weighted by molar-refractivity contribution is 5.90. The Balaban J connectivity index is 2.03. The summed E-state index contributed by atoms with van der Waals surface area (Å²) in [6, 6.07) is 12.9. The molecule has 0 aliphatic heterocycles. The van der Waals surface area contributed by atoms with E-state index < -0.39 is 0 Å². The summed E-state index contributed by atoms with van der Waals surface area (Å²) in [7, 11) is 0. The second-order valence-corrected chi connectivity index (χ2v) is 5.36. The van der Waals surface area contributed by atoms with E-state index in [1.54, 1.807) is 24.4 Å². The molecule has 1 amide bonds. The van der Waals surface area contributed by atoms with Gasteiger partial charge in [0.2, 0.25) is 5.91 Å². The first-order valence-corrected chi connectivity index (χ1v) is 7.10. The summed E-state index contributed by atoms with van der Waals surface area (Å²) >= 11 is 0. The molecule has 0 radical (unpaired) electrons. The Labute approximate surface area is 130 Å². The molecule has 2 N–H and O–H groups in total. The number of nitriles is 1. The number of carbonyl (C=O) groups is 1. The van der Waals surface area contributed by atoms with Gasteiger partial charge in [-0.05, 0) is 30.2 Å². The van der Waals surface area contributed by atoms with Crippen molar-refractivity contribution in [1.29, 1.82) is 5.26 Å². The maximum atomic E-state index is 11.7. The number of aromatic nitrogens is 1. The number of anilines is 3. The van der Waals surface area contributed by atoms with Crippen molar-refractivity contribution in [3.05, 3.63) is 48.2 Å². The Morgan fingerprint density at radius 3 is 2.68 bits per heavy atom. The van der Waals surface area contributed by atoms with E-state index in [9.17, 15) is 4.79 Å². The predicted octanol–water partition coefficient (Wildman–Crippen LogP) is 3.68. The Morgan fingerprint density at radius 2 is 2.05 bits per heavy atom. The van der Waals surface area contributed by atoms with Gasteiger partial charge in [0.25, 0.3) is 0 Å². The van der Waals surface area contributed by atoms with Crippen LogP contribution in [0.4, 0.5) is 17.2 Å². The Kier molecular flexibility index (Phi) is 5.10. The van der Waals surface area contributed by atoms with E-state index in [4.69, 9.17) is 5.26 Å². The molecule has 1 aromatic heterocycles. The number of hydrogen-bond acceptors (Lipinski definition) is 4. The van der Waals surface area contributed by atoms with Crippen molar-refractivity contribution in [3.8, 4) is 6.07 Å². The van der Waals surface area contributed by atoms with E-state index in [1.807, 2.05) is 32.0 Å². The molecule has 22 heavy (non-hydrogen) atoms. The topological polar surface area (TPSA) is 77.8 Å². The summed E-state index contributed by atoms with van der Waals surface area (Å²) in [5, 5.41) is 14.9. The Morgan fingerprint density at radius 1 is 1.27 bits per heavy atom. The second-order valence-electron chi connectivity index (χ2n) is 5.36. The van der Waals surface area contributed by atoms with Crippen molar-refractivity contribution in [2.75, 3.05) is 10.6 Å². The summed E-state index contributed by atoms with van der Waals surface area (Å²) in [5.41, 5.74) is 1.91. The molecular weight excluding hydrogens is 276 g/mol. The zero-order valence-electron chi connectivity index (χ0n) is 12.6. The Hall–Kier alpha value is -2.87. The third-order valence-corrected chi connectivity index (χ3v) is 2.95. The molecule has 0 fully saturated rings. The van der Waals surface area contributed by atoms with E-state index in [1.165, 1.54) is 0 Å². The first-order chi connectivity index (χ1) is 10.6. The van der Waals surface area contributed by atoms with Crippen LogP contribution in [0, 0.1) is 17.2 Å². The summed E-state index contributed by atoms with van der Waals surface area (Å²) in [4.78, 5) is 15.9. The van der Waals surface area contributed by atoms with Crippen LogP contribution in [0.15, 0.2) is 42.6 Å². The molecule has 1 aromatic carbocycles. The zero-order valence-corrected chi connectivity index (χ0v) is 12.6. The maximum absolute atomic E-state index is 11.7. The van der Waals surface area contributed by atoms with Crippen LogP contribution in [-0.4, -0.2) is 10.9 Å². The average Bonchev–Trinajstić information content (AvgIpc) is 2.49. The van der Waals surface area contributed by atoms with Crippen LogP contribution in [0.3, 0.4) is 0 Å². The van der Waals surface area contributed by atoms with Gasteiger partial charge in [0.15, 0.2) is 0 Å². The molecule has 0 saturated heterocycles. The normalized spacial score (nSPS) is 10.1. The Bertz CT molecular complexity index is 687. The maximum Gasteiger partial charge on any atom is 0.224 e. The van der Waals surface area contributed by atoms with Crippen molar-refractivity contribution >= 4 is 23.1 Å². The van der Waals surface area contributed by atoms with Crippen LogP contribution in [0.2, 0.25) is 0 Å². The van der Waals surface area contributed by atoms with Gasteiger partial charge >= 0.3 is 0 Å². The SMILES string of the molecule is CC(C)CC(=O)Nc1ccc(Nc2ccccc2C#N)nc1. The molecule has 1 heterocycles. The third kappa shape index (κ3) is 4.32. The van der Waals surface area contributed by atoms with Gasteiger partial charge in [-0.25, -0.2) is 4.98 Å². The lowest BCUT2D eigenvalue weighted by Crippen LogP contribution is -2.13. The highest BCUT2D eigenvalue weighted by Gasteiger charge is 2.06. The number of amides is 1. The van der Waals surface area contributed by atoms with Crippen LogP contribution in [0.5, 0.6) is 0 Å². The van der Waals surface area contributed by atoms with Gasteiger partial charge in [-0.1, -0.05) is 26.0 Å². The number of nitrogens with one attached hydrogen (secondary N) is 2. The highest BCUT2D eigenvalue weighted by Crippen LogP contribution is 2.19. The van der Waals surface area contributed by atoms with Gasteiger partial charge in [0.1, 0.15) is 11.9 Å². The lowest BCUT2D eigenvalue weighted by molar-refractivity contribution is -0.116. The molecule has 2 aromatic rings. The molecule has 2 rings (SSSR count). The summed E-state index contributed by atoms with van der Waals surface area (Å²) in [6.07, 6.45) is 2.07. The van der Waals surface area contributed by atoms with E-state index in [-0.39, 0.29) is 5.91 Å². The van der Waals surface area contributed by atoms with E-state index in [0.29, 0.717) is 35.1 Å². The number of pyridine rings is 1. The standard InChI is InChI=1S/C17H18N4O/c1-12(2)9-17(22)20-14-7-8-16(19-11-14)21-15-6-4-3-5-13(15)10-18/h3-8,11-12H,9H2,1-2H3,(H,19,21)(H,20,22). The molecule has 0 aliphatic rings. The molecule has 5 nitrogen and oxygen atoms in total. The predicted molar refractivity (Wildman–Crippen MR) is 86.8 cm³/mol. The fourth-order valence-electron chi connectivity index (χ4n) is 1.95. The lowest BCUT2D eigenvalue weighted by atomic mass is 10.1. The fraction of sp³-hybridized carbons (Fsp3) is 0.235. The van der Waals surface area contributed by atoms with Crippen molar-refractivity contribution in [1.82, 2.24) is 4.98 Å². The molecule has 5 heteroatoms. The second kappa shape index (κ2) is 7.23. The van der Waals surface area contributed by atoms with Gasteiger partial charge < -0.3 is 10.6 Å². The van der Waals surface area contributed by atoms with Crippen molar-refractivity contribution < 1.29 is 4.79 Å². The largest absolute Gasteiger partial charge is 0.339 e. The van der Waals surface area contributed by atoms with Gasteiger partial charge in [0.05, 0.1) is 23.1 Å². The minimum Gasteiger partial charge on any atom is -0.339 e. The van der Waals surface area contributed by atoms with Gasteiger partial charge in [-0.2, -0.15) is 5.26 Å². The fourth-order valence-corrected chi connectivity index (χ4v) is 1.95. The van der Waals surface area contributed by atoms with Crippen LogP contribution in [-0.2, 0) is 4.79 Å². The summed E-state index contributed by atoms with van der Waals surface area (Å²) < 4.78 is 0. The molecule has 112 valence electrons. The average molecular weight is 294 g/mol.